The molecule has 1 heterocycles. The predicted molar refractivity (Wildman–Crippen MR) is 83.9 cm³/mol. The van der Waals surface area contributed by atoms with E-state index in [4.69, 9.17) is 11.6 Å². The van der Waals surface area contributed by atoms with E-state index >= 15 is 0 Å². The van der Waals surface area contributed by atoms with Gasteiger partial charge in [-0.2, -0.15) is 0 Å². The summed E-state index contributed by atoms with van der Waals surface area (Å²) in [5, 5.41) is 1.88. The van der Waals surface area contributed by atoms with Gasteiger partial charge in [0.2, 0.25) is 0 Å². The number of rotatable bonds is 4. The Hall–Kier alpha value is -1.41. The van der Waals surface area contributed by atoms with Crippen molar-refractivity contribution in [3.8, 4) is 0 Å². The largest absolute Gasteiger partial charge is 0.260 e. The van der Waals surface area contributed by atoms with Crippen LogP contribution in [0.1, 0.15) is 45.1 Å². The number of fused-ring (bicyclic) bond motifs is 1. The summed E-state index contributed by atoms with van der Waals surface area (Å²) < 4.78 is 0. The van der Waals surface area contributed by atoms with Gasteiger partial charge in [-0.1, -0.05) is 25.4 Å². The van der Waals surface area contributed by atoms with E-state index in [0.29, 0.717) is 5.92 Å². The third-order valence-corrected chi connectivity index (χ3v) is 3.75. The van der Waals surface area contributed by atoms with Crippen molar-refractivity contribution in [2.24, 2.45) is 4.99 Å². The molecule has 2 nitrogen and oxygen atoms in total. The van der Waals surface area contributed by atoms with Crippen LogP contribution in [-0.2, 0) is 0 Å². The first-order chi connectivity index (χ1) is 9.21. The van der Waals surface area contributed by atoms with Crippen molar-refractivity contribution in [3.63, 3.8) is 0 Å². The Morgan fingerprint density at radius 2 is 2.05 bits per heavy atom. The predicted octanol–water partition coefficient (Wildman–Crippen LogP) is 5.51. The maximum absolute atomic E-state index is 6.14. The van der Waals surface area contributed by atoms with E-state index in [2.05, 4.69) is 23.8 Å². The van der Waals surface area contributed by atoms with Crippen LogP contribution in [0.15, 0.2) is 29.4 Å². The molecule has 0 aliphatic rings. The van der Waals surface area contributed by atoms with Gasteiger partial charge in [0.25, 0.3) is 0 Å². The lowest BCUT2D eigenvalue weighted by Gasteiger charge is -2.18. The number of nitrogens with zero attached hydrogens (tertiary/aromatic N) is 2. The zero-order valence-electron chi connectivity index (χ0n) is 11.7. The normalized spacial score (nSPS) is 11.8. The monoisotopic (exact) mass is 274 g/mol. The Morgan fingerprint density at radius 1 is 1.32 bits per heavy atom. The topological polar surface area (TPSA) is 25.2 Å². The molecule has 0 saturated heterocycles. The first-order valence-corrected chi connectivity index (χ1v) is 7.15. The zero-order chi connectivity index (χ0) is 13.8. The highest BCUT2D eigenvalue weighted by molar-refractivity contribution is 6.31. The SMILES string of the molecule is CC=Nc1cnc2ccc(Cl)cc2c1C(CC)CC. The molecule has 0 radical (unpaired) electrons. The van der Waals surface area contributed by atoms with E-state index in [-0.39, 0.29) is 0 Å². The summed E-state index contributed by atoms with van der Waals surface area (Å²) in [4.78, 5) is 8.95. The maximum Gasteiger partial charge on any atom is 0.0849 e. The lowest BCUT2D eigenvalue weighted by atomic mass is 9.90. The van der Waals surface area contributed by atoms with Crippen molar-refractivity contribution < 1.29 is 0 Å². The highest BCUT2D eigenvalue weighted by Gasteiger charge is 2.16. The van der Waals surface area contributed by atoms with E-state index in [1.165, 1.54) is 5.56 Å². The van der Waals surface area contributed by atoms with Gasteiger partial charge in [0.1, 0.15) is 0 Å². The van der Waals surface area contributed by atoms with Crippen LogP contribution < -0.4 is 0 Å². The van der Waals surface area contributed by atoms with Crippen LogP contribution in [0.5, 0.6) is 0 Å². The van der Waals surface area contributed by atoms with Gasteiger partial charge in [-0.15, -0.1) is 0 Å². The van der Waals surface area contributed by atoms with E-state index in [0.717, 1.165) is 34.5 Å². The van der Waals surface area contributed by atoms with Crippen molar-refractivity contribution in [1.29, 1.82) is 0 Å². The number of aliphatic imine (C=N–C) groups is 1. The minimum atomic E-state index is 0.489. The van der Waals surface area contributed by atoms with Gasteiger partial charge in [-0.05, 0) is 49.4 Å². The molecular formula is C16H19ClN2. The van der Waals surface area contributed by atoms with Gasteiger partial charge in [0.15, 0.2) is 0 Å². The highest BCUT2D eigenvalue weighted by atomic mass is 35.5. The van der Waals surface area contributed by atoms with Crippen LogP contribution in [0.3, 0.4) is 0 Å². The molecule has 0 amide bonds. The fourth-order valence-corrected chi connectivity index (χ4v) is 2.71. The number of hydrogen-bond donors (Lipinski definition) is 0. The van der Waals surface area contributed by atoms with Crippen LogP contribution >= 0.6 is 11.6 Å². The summed E-state index contributed by atoms with van der Waals surface area (Å²) in [6.45, 7) is 6.35. The minimum absolute atomic E-state index is 0.489. The number of benzene rings is 1. The average molecular weight is 275 g/mol. The van der Waals surface area contributed by atoms with E-state index < -0.39 is 0 Å². The maximum atomic E-state index is 6.14. The van der Waals surface area contributed by atoms with Gasteiger partial charge in [-0.25, -0.2) is 0 Å². The highest BCUT2D eigenvalue weighted by Crippen LogP contribution is 2.37. The van der Waals surface area contributed by atoms with Gasteiger partial charge < -0.3 is 0 Å². The molecule has 0 atom stereocenters. The molecule has 1 aromatic carbocycles. The van der Waals surface area contributed by atoms with Crippen molar-refractivity contribution in [2.75, 3.05) is 0 Å². The molecule has 2 aromatic rings. The minimum Gasteiger partial charge on any atom is -0.260 e. The summed E-state index contributed by atoms with van der Waals surface area (Å²) in [6, 6.07) is 5.87. The molecule has 0 aliphatic carbocycles. The first-order valence-electron chi connectivity index (χ1n) is 6.78. The molecule has 100 valence electrons. The molecule has 0 fully saturated rings. The van der Waals surface area contributed by atoms with Crippen molar-refractivity contribution in [1.82, 2.24) is 4.98 Å². The molecule has 0 N–H and O–H groups in total. The Kier molecular flexibility index (Phi) is 4.54. The molecule has 0 aliphatic heterocycles. The fraction of sp³-hybridized carbons (Fsp3) is 0.375. The fourth-order valence-electron chi connectivity index (χ4n) is 2.54. The number of aromatic nitrogens is 1. The molecule has 1 aromatic heterocycles. The molecule has 3 heteroatoms. The molecule has 0 spiro atoms. The Bertz CT molecular complexity index is 601. The van der Waals surface area contributed by atoms with Crippen molar-refractivity contribution >= 4 is 34.4 Å². The summed E-state index contributed by atoms with van der Waals surface area (Å²) in [5.74, 6) is 0.489. The van der Waals surface area contributed by atoms with E-state index in [1.807, 2.05) is 37.5 Å². The smallest absolute Gasteiger partial charge is 0.0849 e. The lowest BCUT2D eigenvalue weighted by molar-refractivity contribution is 0.647. The Labute approximate surface area is 119 Å². The molecule has 2 rings (SSSR count). The van der Waals surface area contributed by atoms with Gasteiger partial charge >= 0.3 is 0 Å². The molecule has 0 bridgehead atoms. The summed E-state index contributed by atoms with van der Waals surface area (Å²) >= 11 is 6.14. The third-order valence-electron chi connectivity index (χ3n) is 3.51. The van der Waals surface area contributed by atoms with Crippen LogP contribution in [0, 0.1) is 0 Å². The number of pyridine rings is 1. The van der Waals surface area contributed by atoms with E-state index in [9.17, 15) is 0 Å². The van der Waals surface area contributed by atoms with Crippen LogP contribution in [0.4, 0.5) is 5.69 Å². The second kappa shape index (κ2) is 6.16. The first kappa shape index (κ1) is 14.0. The second-order valence-electron chi connectivity index (χ2n) is 4.62. The quantitative estimate of drug-likeness (QED) is 0.675. The molecule has 0 unspecified atom stereocenters. The number of halogens is 1. The summed E-state index contributed by atoms with van der Waals surface area (Å²) in [7, 11) is 0. The summed E-state index contributed by atoms with van der Waals surface area (Å²) in [5.41, 5.74) is 3.22. The van der Waals surface area contributed by atoms with Crippen molar-refractivity contribution in [2.45, 2.75) is 39.5 Å². The zero-order valence-corrected chi connectivity index (χ0v) is 12.4. The van der Waals surface area contributed by atoms with Gasteiger partial charge in [0.05, 0.1) is 17.4 Å². The standard InChI is InChI=1S/C16H19ClN2/c1-4-11(5-2)16-13-9-12(17)7-8-14(13)19-10-15(16)18-6-3/h6-11H,4-5H2,1-3H3. The average Bonchev–Trinajstić information content (AvgIpc) is 2.42. The van der Waals surface area contributed by atoms with Crippen LogP contribution in [0.25, 0.3) is 10.9 Å². The van der Waals surface area contributed by atoms with Crippen LogP contribution in [0.2, 0.25) is 5.02 Å². The summed E-state index contributed by atoms with van der Waals surface area (Å²) in [6.07, 6.45) is 5.87. The van der Waals surface area contributed by atoms with Crippen molar-refractivity contribution in [3.05, 3.63) is 35.0 Å². The Morgan fingerprint density at radius 3 is 2.68 bits per heavy atom. The molecule has 19 heavy (non-hydrogen) atoms. The lowest BCUT2D eigenvalue weighted by Crippen LogP contribution is -1.99. The molecular weight excluding hydrogens is 256 g/mol. The second-order valence-corrected chi connectivity index (χ2v) is 5.06. The third kappa shape index (κ3) is 2.79. The van der Waals surface area contributed by atoms with Crippen LogP contribution in [-0.4, -0.2) is 11.2 Å². The van der Waals surface area contributed by atoms with E-state index in [1.54, 1.807) is 0 Å². The van der Waals surface area contributed by atoms with Gasteiger partial charge in [-0.3, -0.25) is 9.98 Å². The van der Waals surface area contributed by atoms with Gasteiger partial charge in [0, 0.05) is 16.6 Å². The molecule has 0 saturated carbocycles. The Balaban J connectivity index is 2.78. The number of hydrogen-bond acceptors (Lipinski definition) is 2.